The number of hydrogen-bond acceptors (Lipinski definition) is 1. The zero-order valence-electron chi connectivity index (χ0n) is 21.7. The maximum Gasteiger partial charge on any atom is 0.139 e. The van der Waals surface area contributed by atoms with E-state index in [2.05, 4.69) is 25.7 Å². The molecule has 0 saturated heterocycles. The summed E-state index contributed by atoms with van der Waals surface area (Å²) in [7, 11) is 0. The molecule has 188 valence electrons. The van der Waals surface area contributed by atoms with E-state index in [1.54, 1.807) is 6.07 Å². The average molecular weight is 495 g/mol. The lowest BCUT2D eigenvalue weighted by Crippen LogP contribution is -1.94. The van der Waals surface area contributed by atoms with Gasteiger partial charge in [0.05, 0.1) is 12.2 Å². The monoisotopic (exact) mass is 494 g/mol. The van der Waals surface area contributed by atoms with Crippen LogP contribution in [-0.2, 0) is 6.42 Å². The molecule has 37 heavy (non-hydrogen) atoms. The van der Waals surface area contributed by atoms with Crippen molar-refractivity contribution in [2.24, 2.45) is 0 Å². The van der Waals surface area contributed by atoms with Gasteiger partial charge in [0.2, 0.25) is 0 Å². The minimum absolute atomic E-state index is 0.214. The number of aryl methyl sites for hydroxylation is 2. The second-order valence-corrected chi connectivity index (χ2v) is 9.27. The largest absolute Gasteiger partial charge is 0.494 e. The Morgan fingerprint density at radius 3 is 2.08 bits per heavy atom. The van der Waals surface area contributed by atoms with Gasteiger partial charge in [0.1, 0.15) is 17.4 Å². The van der Waals surface area contributed by atoms with E-state index < -0.39 is 0 Å². The van der Waals surface area contributed by atoms with Crippen LogP contribution in [0, 0.1) is 30.4 Å². The predicted octanol–water partition coefficient (Wildman–Crippen LogP) is 9.14. The van der Waals surface area contributed by atoms with Gasteiger partial charge in [0.15, 0.2) is 0 Å². The number of ether oxygens (including phenoxy) is 1. The smallest absolute Gasteiger partial charge is 0.139 e. The summed E-state index contributed by atoms with van der Waals surface area (Å²) in [4.78, 5) is 0. The van der Waals surface area contributed by atoms with E-state index >= 15 is 4.39 Å². The molecule has 0 fully saturated rings. The molecule has 0 aliphatic carbocycles. The molecule has 3 heteroatoms. The minimum Gasteiger partial charge on any atom is -0.494 e. The Morgan fingerprint density at radius 2 is 1.43 bits per heavy atom. The fourth-order valence-electron chi connectivity index (χ4n) is 4.23. The Kier molecular flexibility index (Phi) is 8.75. The molecule has 4 aromatic rings. The van der Waals surface area contributed by atoms with Gasteiger partial charge in [-0.1, -0.05) is 68.5 Å². The van der Waals surface area contributed by atoms with Crippen LogP contribution in [0.4, 0.5) is 8.78 Å². The van der Waals surface area contributed by atoms with Crippen LogP contribution in [-0.4, -0.2) is 6.61 Å². The van der Waals surface area contributed by atoms with Crippen LogP contribution in [0.2, 0.25) is 0 Å². The van der Waals surface area contributed by atoms with Crippen LogP contribution in [0.25, 0.3) is 22.3 Å². The van der Waals surface area contributed by atoms with Crippen molar-refractivity contribution in [3.05, 3.63) is 113 Å². The van der Waals surface area contributed by atoms with Crippen molar-refractivity contribution in [2.45, 2.75) is 46.5 Å². The number of benzene rings is 4. The summed E-state index contributed by atoms with van der Waals surface area (Å²) in [6, 6.07) is 24.0. The van der Waals surface area contributed by atoms with Crippen LogP contribution in [0.1, 0.15) is 55.4 Å². The lowest BCUT2D eigenvalue weighted by Gasteiger charge is -2.10. The summed E-state index contributed by atoms with van der Waals surface area (Å²) in [6.07, 6.45) is 3.97. The first-order chi connectivity index (χ1) is 18.0. The van der Waals surface area contributed by atoms with Crippen molar-refractivity contribution in [1.29, 1.82) is 0 Å². The lowest BCUT2D eigenvalue weighted by atomic mass is 9.96. The highest BCUT2D eigenvalue weighted by atomic mass is 19.1. The third-order valence-electron chi connectivity index (χ3n) is 6.33. The second-order valence-electron chi connectivity index (χ2n) is 9.27. The Labute approximate surface area is 219 Å². The number of unbranched alkanes of at least 4 members (excludes halogenated alkanes) is 1. The van der Waals surface area contributed by atoms with Crippen molar-refractivity contribution in [3.8, 4) is 39.8 Å². The first-order valence-electron chi connectivity index (χ1n) is 12.9. The molecular weight excluding hydrogens is 462 g/mol. The van der Waals surface area contributed by atoms with Gasteiger partial charge in [-0.3, -0.25) is 0 Å². The molecule has 0 aliphatic rings. The number of rotatable bonds is 8. The Balaban J connectivity index is 1.52. The van der Waals surface area contributed by atoms with E-state index in [-0.39, 0.29) is 11.6 Å². The number of halogens is 2. The summed E-state index contributed by atoms with van der Waals surface area (Å²) >= 11 is 0. The molecule has 4 aromatic carbocycles. The van der Waals surface area contributed by atoms with Gasteiger partial charge in [-0.05, 0) is 96.5 Å². The van der Waals surface area contributed by atoms with Crippen molar-refractivity contribution < 1.29 is 13.5 Å². The number of hydrogen-bond donors (Lipinski definition) is 0. The molecule has 0 atom stereocenters. The van der Waals surface area contributed by atoms with E-state index in [0.29, 0.717) is 17.7 Å². The molecule has 1 nitrogen and oxygen atoms in total. The Morgan fingerprint density at radius 1 is 0.703 bits per heavy atom. The standard InChI is InChI=1S/C34H32F2O/c1-4-6-7-26-11-19-32(33(35)22-26)28-14-12-27(13-15-28)29-21-24(3)31(34(36)23-29)18-10-25-8-16-30(17-9-25)37-20-5-2/h8-9,11-17,19,21-23H,4-7,20H2,1-3H3. The summed E-state index contributed by atoms with van der Waals surface area (Å²) in [5.74, 6) is 6.27. The van der Waals surface area contributed by atoms with Gasteiger partial charge in [-0.25, -0.2) is 8.78 Å². The van der Waals surface area contributed by atoms with Crippen LogP contribution in [0.3, 0.4) is 0 Å². The molecule has 0 spiro atoms. The van der Waals surface area contributed by atoms with E-state index in [9.17, 15) is 4.39 Å². The molecule has 0 N–H and O–H groups in total. The van der Waals surface area contributed by atoms with Crippen LogP contribution < -0.4 is 4.74 Å². The summed E-state index contributed by atoms with van der Waals surface area (Å²) in [5.41, 5.74) is 5.98. The van der Waals surface area contributed by atoms with Gasteiger partial charge < -0.3 is 4.74 Å². The fourth-order valence-corrected chi connectivity index (χ4v) is 4.23. The zero-order chi connectivity index (χ0) is 26.2. The lowest BCUT2D eigenvalue weighted by molar-refractivity contribution is 0.317. The van der Waals surface area contributed by atoms with Crippen molar-refractivity contribution in [3.63, 3.8) is 0 Å². The molecule has 4 rings (SSSR count). The molecular formula is C34H32F2O. The van der Waals surface area contributed by atoms with Crippen molar-refractivity contribution >= 4 is 0 Å². The third kappa shape index (κ3) is 6.66. The minimum atomic E-state index is -0.358. The highest BCUT2D eigenvalue weighted by molar-refractivity contribution is 5.72. The Bertz CT molecular complexity index is 1380. The molecule has 0 unspecified atom stereocenters. The third-order valence-corrected chi connectivity index (χ3v) is 6.33. The van der Waals surface area contributed by atoms with E-state index in [1.165, 1.54) is 6.07 Å². The Hall–Kier alpha value is -3.90. The maximum atomic E-state index is 15.1. The van der Waals surface area contributed by atoms with E-state index in [1.807, 2.05) is 73.7 Å². The molecule has 0 radical (unpaired) electrons. The second kappa shape index (κ2) is 12.4. The van der Waals surface area contributed by atoms with Gasteiger partial charge in [-0.15, -0.1) is 0 Å². The molecule has 0 aromatic heterocycles. The van der Waals surface area contributed by atoms with Gasteiger partial charge in [0, 0.05) is 11.1 Å². The van der Waals surface area contributed by atoms with Gasteiger partial charge in [0.25, 0.3) is 0 Å². The fraction of sp³-hybridized carbons (Fsp3) is 0.235. The topological polar surface area (TPSA) is 9.23 Å². The van der Waals surface area contributed by atoms with Crippen molar-refractivity contribution in [1.82, 2.24) is 0 Å². The molecule has 0 heterocycles. The molecule has 0 aliphatic heterocycles. The highest BCUT2D eigenvalue weighted by Gasteiger charge is 2.10. The SMILES string of the molecule is CCCCc1ccc(-c2ccc(-c3cc(C)c(C#Cc4ccc(OCCC)cc4)c(F)c3)cc2)c(F)c1. The maximum absolute atomic E-state index is 15.1. The summed E-state index contributed by atoms with van der Waals surface area (Å²) in [5, 5.41) is 0. The quantitative estimate of drug-likeness (QED) is 0.222. The van der Waals surface area contributed by atoms with Crippen LogP contribution in [0.15, 0.2) is 78.9 Å². The summed E-state index contributed by atoms with van der Waals surface area (Å²) < 4.78 is 35.4. The first kappa shape index (κ1) is 26.2. The summed E-state index contributed by atoms with van der Waals surface area (Å²) in [6.45, 7) is 6.73. The molecule has 0 amide bonds. The van der Waals surface area contributed by atoms with Crippen LogP contribution in [0.5, 0.6) is 5.75 Å². The molecule has 0 saturated carbocycles. The van der Waals surface area contributed by atoms with Gasteiger partial charge >= 0.3 is 0 Å². The normalized spacial score (nSPS) is 10.6. The van der Waals surface area contributed by atoms with Crippen molar-refractivity contribution in [2.75, 3.05) is 6.61 Å². The average Bonchev–Trinajstić information content (AvgIpc) is 2.91. The van der Waals surface area contributed by atoms with E-state index in [0.717, 1.165) is 64.8 Å². The van der Waals surface area contributed by atoms with E-state index in [4.69, 9.17) is 4.74 Å². The predicted molar refractivity (Wildman–Crippen MR) is 149 cm³/mol. The van der Waals surface area contributed by atoms with Crippen LogP contribution >= 0.6 is 0 Å². The van der Waals surface area contributed by atoms with Gasteiger partial charge in [-0.2, -0.15) is 0 Å². The zero-order valence-corrected chi connectivity index (χ0v) is 21.7. The first-order valence-corrected chi connectivity index (χ1v) is 12.9. The molecule has 0 bridgehead atoms. The highest BCUT2D eigenvalue weighted by Crippen LogP contribution is 2.29.